The van der Waals surface area contributed by atoms with E-state index < -0.39 is 20.6 Å². The van der Waals surface area contributed by atoms with Crippen LogP contribution in [0.15, 0.2) is 88.9 Å². The molecule has 0 saturated carbocycles. The zero-order valence-corrected chi connectivity index (χ0v) is 23.1. The molecular weight excluding hydrogens is 544 g/mol. The summed E-state index contributed by atoms with van der Waals surface area (Å²) in [5, 5.41) is 11.9. The van der Waals surface area contributed by atoms with Crippen molar-refractivity contribution in [1.82, 2.24) is 14.3 Å². The summed E-state index contributed by atoms with van der Waals surface area (Å²) in [6.45, 7) is 3.10. The van der Waals surface area contributed by atoms with Crippen molar-refractivity contribution < 1.29 is 13.3 Å². The number of rotatable bonds is 12. The number of nitro groups is 1. The Kier molecular flexibility index (Phi) is 9.22. The van der Waals surface area contributed by atoms with Crippen molar-refractivity contribution >= 4 is 39.1 Å². The largest absolute Gasteiger partial charge is 0.318 e. The summed E-state index contributed by atoms with van der Waals surface area (Å²) in [5.74, 6) is 0.631. The Hall–Kier alpha value is -3.18. The zero-order valence-electron chi connectivity index (χ0n) is 20.7. The van der Waals surface area contributed by atoms with Crippen LogP contribution in [-0.2, 0) is 16.6 Å². The molecule has 0 aliphatic rings. The fraction of sp³-hybridized carbons (Fsp3) is 0.222. The number of halogens is 1. The number of hydrogen-bond acceptors (Lipinski definition) is 6. The lowest BCUT2D eigenvalue weighted by atomic mass is 10.0. The van der Waals surface area contributed by atoms with Crippen molar-refractivity contribution in [1.29, 1.82) is 0 Å². The highest BCUT2D eigenvalue weighted by molar-refractivity contribution is 7.99. The third-order valence-electron chi connectivity index (χ3n) is 5.74. The van der Waals surface area contributed by atoms with Gasteiger partial charge in [-0.3, -0.25) is 10.1 Å². The Morgan fingerprint density at radius 2 is 1.68 bits per heavy atom. The van der Waals surface area contributed by atoms with Crippen LogP contribution in [0, 0.1) is 10.1 Å². The molecule has 0 bridgehead atoms. The molecule has 1 heterocycles. The molecule has 1 N–H and O–H groups in total. The first-order chi connectivity index (χ1) is 18.3. The molecule has 1 aromatic heterocycles. The van der Waals surface area contributed by atoms with Gasteiger partial charge >= 0.3 is 0 Å². The lowest BCUT2D eigenvalue weighted by molar-refractivity contribution is -0.384. The quantitative estimate of drug-likeness (QED) is 0.0884. The van der Waals surface area contributed by atoms with Crippen LogP contribution in [0.4, 0.5) is 5.69 Å². The zero-order chi connectivity index (χ0) is 27.1. The average Bonchev–Trinajstić information content (AvgIpc) is 3.27. The second kappa shape index (κ2) is 12.6. The lowest BCUT2D eigenvalue weighted by Gasteiger charge is -2.12. The minimum absolute atomic E-state index is 0.113. The van der Waals surface area contributed by atoms with Crippen LogP contribution in [0.2, 0.25) is 5.02 Å². The van der Waals surface area contributed by atoms with Gasteiger partial charge in [-0.1, -0.05) is 91.0 Å². The minimum atomic E-state index is -3.91. The third kappa shape index (κ3) is 6.44. The van der Waals surface area contributed by atoms with Gasteiger partial charge < -0.3 is 4.57 Å². The standard InChI is InChI=1S/C27H27ClN4O4S2/c1-2-17-31-26(21-12-7-4-8-13-21)25(20-10-5-3-6-11-20)30-27(31)37-18-9-16-29-38(35,36)22-14-15-23(28)24(19-22)32(33)34/h3-8,10-15,19,29H,2,9,16-18H2,1H3. The van der Waals surface area contributed by atoms with Crippen LogP contribution >= 0.6 is 23.4 Å². The van der Waals surface area contributed by atoms with E-state index in [0.717, 1.165) is 46.7 Å². The predicted octanol–water partition coefficient (Wildman–Crippen LogP) is 6.65. The number of nitro benzene ring substituents is 1. The van der Waals surface area contributed by atoms with E-state index in [1.807, 2.05) is 36.4 Å². The van der Waals surface area contributed by atoms with E-state index in [1.165, 1.54) is 12.1 Å². The smallest absolute Gasteiger partial charge is 0.289 e. The molecule has 0 aliphatic heterocycles. The number of imidazole rings is 1. The van der Waals surface area contributed by atoms with Gasteiger partial charge in [0.2, 0.25) is 10.0 Å². The Morgan fingerprint density at radius 3 is 2.32 bits per heavy atom. The van der Waals surface area contributed by atoms with Crippen molar-refractivity contribution in [2.75, 3.05) is 12.3 Å². The van der Waals surface area contributed by atoms with Crippen LogP contribution in [0.5, 0.6) is 0 Å². The van der Waals surface area contributed by atoms with Gasteiger partial charge in [-0.15, -0.1) is 0 Å². The molecule has 0 unspecified atom stereocenters. The van der Waals surface area contributed by atoms with Crippen LogP contribution in [0.3, 0.4) is 0 Å². The van der Waals surface area contributed by atoms with Gasteiger partial charge in [-0.25, -0.2) is 18.1 Å². The Balaban J connectivity index is 1.49. The van der Waals surface area contributed by atoms with Crippen LogP contribution in [0.25, 0.3) is 22.5 Å². The van der Waals surface area contributed by atoms with Gasteiger partial charge in [0, 0.05) is 36.0 Å². The second-order valence-electron chi connectivity index (χ2n) is 8.45. The molecule has 11 heteroatoms. The normalized spacial score (nSPS) is 11.5. The first-order valence-electron chi connectivity index (χ1n) is 12.1. The van der Waals surface area contributed by atoms with Gasteiger partial charge in [0.25, 0.3) is 5.69 Å². The maximum Gasteiger partial charge on any atom is 0.289 e. The SMILES string of the molecule is CCCn1c(SCCCNS(=O)(=O)c2ccc(Cl)c([N+](=O)[O-])c2)nc(-c2ccccc2)c1-c1ccccc1. The summed E-state index contributed by atoms with van der Waals surface area (Å²) in [7, 11) is -3.91. The fourth-order valence-electron chi connectivity index (χ4n) is 3.98. The number of sulfonamides is 1. The average molecular weight is 571 g/mol. The van der Waals surface area contributed by atoms with Gasteiger partial charge in [-0.05, 0) is 25.0 Å². The number of hydrogen-bond donors (Lipinski definition) is 1. The molecule has 0 saturated heterocycles. The van der Waals surface area contributed by atoms with Gasteiger partial charge in [0.15, 0.2) is 5.16 Å². The summed E-state index contributed by atoms with van der Waals surface area (Å²) in [4.78, 5) is 15.2. The summed E-state index contributed by atoms with van der Waals surface area (Å²) >= 11 is 7.38. The molecule has 0 spiro atoms. The molecule has 0 radical (unpaired) electrons. The van der Waals surface area contributed by atoms with Crippen molar-refractivity contribution in [3.8, 4) is 22.5 Å². The molecule has 8 nitrogen and oxygen atoms in total. The van der Waals surface area contributed by atoms with E-state index in [-0.39, 0.29) is 16.5 Å². The van der Waals surface area contributed by atoms with E-state index in [0.29, 0.717) is 12.2 Å². The first kappa shape index (κ1) is 27.8. The molecule has 0 amide bonds. The highest BCUT2D eigenvalue weighted by Crippen LogP contribution is 2.36. The predicted molar refractivity (Wildman–Crippen MR) is 152 cm³/mol. The van der Waals surface area contributed by atoms with Crippen LogP contribution < -0.4 is 4.72 Å². The lowest BCUT2D eigenvalue weighted by Crippen LogP contribution is -2.25. The van der Waals surface area contributed by atoms with Crippen molar-refractivity contribution in [2.24, 2.45) is 0 Å². The van der Waals surface area contributed by atoms with Gasteiger partial charge in [-0.2, -0.15) is 0 Å². The number of thioether (sulfide) groups is 1. The third-order valence-corrected chi connectivity index (χ3v) is 8.58. The minimum Gasteiger partial charge on any atom is -0.318 e. The molecule has 0 atom stereocenters. The van der Waals surface area contributed by atoms with E-state index >= 15 is 0 Å². The number of nitrogens with zero attached hydrogens (tertiary/aromatic N) is 3. The highest BCUT2D eigenvalue weighted by atomic mass is 35.5. The molecule has 0 aliphatic carbocycles. The Labute approximate surface area is 231 Å². The molecule has 198 valence electrons. The van der Waals surface area contributed by atoms with Gasteiger partial charge in [0.1, 0.15) is 5.02 Å². The fourth-order valence-corrected chi connectivity index (χ4v) is 6.23. The number of nitrogens with one attached hydrogen (secondary N) is 1. The van der Waals surface area contributed by atoms with Crippen LogP contribution in [0.1, 0.15) is 19.8 Å². The summed E-state index contributed by atoms with van der Waals surface area (Å²) in [6, 6.07) is 23.7. The van der Waals surface area contributed by atoms with Crippen molar-refractivity contribution in [3.05, 3.63) is 94.0 Å². The molecule has 4 aromatic rings. The summed E-state index contributed by atoms with van der Waals surface area (Å²) in [6.07, 6.45) is 1.48. The monoisotopic (exact) mass is 570 g/mol. The molecule has 0 fully saturated rings. The van der Waals surface area contributed by atoms with Gasteiger partial charge in [0.05, 0.1) is 21.2 Å². The topological polar surface area (TPSA) is 107 Å². The molecule has 4 rings (SSSR count). The van der Waals surface area contributed by atoms with E-state index in [9.17, 15) is 18.5 Å². The maximum absolute atomic E-state index is 12.7. The van der Waals surface area contributed by atoms with E-state index in [4.69, 9.17) is 16.6 Å². The van der Waals surface area contributed by atoms with Crippen molar-refractivity contribution in [2.45, 2.75) is 36.4 Å². The van der Waals surface area contributed by atoms with E-state index in [2.05, 4.69) is 40.5 Å². The summed E-state index contributed by atoms with van der Waals surface area (Å²) in [5.41, 5.74) is 3.65. The second-order valence-corrected chi connectivity index (χ2v) is 11.7. The maximum atomic E-state index is 12.7. The summed E-state index contributed by atoms with van der Waals surface area (Å²) < 4.78 is 30.1. The highest BCUT2D eigenvalue weighted by Gasteiger charge is 2.22. The molecular formula is C27H27ClN4O4S2. The first-order valence-corrected chi connectivity index (χ1v) is 14.9. The Morgan fingerprint density at radius 1 is 1.03 bits per heavy atom. The molecule has 3 aromatic carbocycles. The van der Waals surface area contributed by atoms with Crippen LogP contribution in [-0.4, -0.2) is 35.2 Å². The number of benzene rings is 3. The van der Waals surface area contributed by atoms with E-state index in [1.54, 1.807) is 11.8 Å². The Bertz CT molecular complexity index is 1510. The number of aromatic nitrogens is 2. The van der Waals surface area contributed by atoms with Crippen molar-refractivity contribution in [3.63, 3.8) is 0 Å². The molecule has 38 heavy (non-hydrogen) atoms.